The average molecular weight is 354 g/mol. The first-order valence-corrected chi connectivity index (χ1v) is 9.49. The van der Waals surface area contributed by atoms with Gasteiger partial charge in [0.15, 0.2) is 0 Å². The van der Waals surface area contributed by atoms with Crippen LogP contribution < -0.4 is 10.1 Å². The highest BCUT2D eigenvalue weighted by Crippen LogP contribution is 2.24. The largest absolute Gasteiger partial charge is 0.497 e. The van der Waals surface area contributed by atoms with Crippen LogP contribution in [0.2, 0.25) is 0 Å². The molecule has 4 nitrogen and oxygen atoms in total. The molecule has 0 bridgehead atoms. The Morgan fingerprint density at radius 1 is 0.962 bits per heavy atom. The van der Waals surface area contributed by atoms with E-state index in [0.29, 0.717) is 12.0 Å². The van der Waals surface area contributed by atoms with Crippen LogP contribution in [0.25, 0.3) is 0 Å². The van der Waals surface area contributed by atoms with Crippen LogP contribution in [0.1, 0.15) is 30.0 Å². The van der Waals surface area contributed by atoms with Gasteiger partial charge < -0.3 is 14.8 Å². The lowest BCUT2D eigenvalue weighted by Gasteiger charge is -2.35. The number of morpholine rings is 1. The van der Waals surface area contributed by atoms with Gasteiger partial charge in [0, 0.05) is 32.2 Å². The van der Waals surface area contributed by atoms with E-state index in [1.54, 1.807) is 7.11 Å². The van der Waals surface area contributed by atoms with Crippen molar-refractivity contribution in [1.29, 1.82) is 0 Å². The van der Waals surface area contributed by atoms with Crippen LogP contribution in [0.5, 0.6) is 5.75 Å². The molecule has 1 saturated heterocycles. The van der Waals surface area contributed by atoms with E-state index in [-0.39, 0.29) is 0 Å². The van der Waals surface area contributed by atoms with E-state index in [9.17, 15) is 0 Å². The Hall–Kier alpha value is -1.88. The minimum absolute atomic E-state index is 0.354. The highest BCUT2D eigenvalue weighted by molar-refractivity contribution is 5.29. The highest BCUT2D eigenvalue weighted by atomic mass is 16.5. The van der Waals surface area contributed by atoms with Gasteiger partial charge in [0.25, 0.3) is 0 Å². The van der Waals surface area contributed by atoms with Gasteiger partial charge in [0.05, 0.1) is 20.3 Å². The van der Waals surface area contributed by atoms with Crippen LogP contribution in [-0.4, -0.2) is 51.4 Å². The lowest BCUT2D eigenvalue weighted by Crippen LogP contribution is -2.43. The van der Waals surface area contributed by atoms with Gasteiger partial charge >= 0.3 is 0 Å². The fraction of sp³-hybridized carbons (Fsp3) is 0.455. The lowest BCUT2D eigenvalue weighted by molar-refractivity contribution is 0.0161. The summed E-state index contributed by atoms with van der Waals surface area (Å²) in [5, 5.41) is 3.69. The summed E-state index contributed by atoms with van der Waals surface area (Å²) < 4.78 is 10.8. The van der Waals surface area contributed by atoms with Crippen molar-refractivity contribution >= 4 is 0 Å². The molecule has 1 fully saturated rings. The van der Waals surface area contributed by atoms with Crippen molar-refractivity contribution in [2.45, 2.75) is 18.9 Å². The molecule has 2 atom stereocenters. The van der Waals surface area contributed by atoms with Crippen LogP contribution in [0.4, 0.5) is 0 Å². The zero-order valence-electron chi connectivity index (χ0n) is 15.9. The summed E-state index contributed by atoms with van der Waals surface area (Å²) in [5.74, 6) is 1.40. The van der Waals surface area contributed by atoms with Gasteiger partial charge in [-0.05, 0) is 29.2 Å². The van der Waals surface area contributed by atoms with E-state index in [1.807, 2.05) is 0 Å². The third kappa shape index (κ3) is 5.07. The Morgan fingerprint density at radius 2 is 1.65 bits per heavy atom. The number of hydrogen-bond donors (Lipinski definition) is 1. The monoisotopic (exact) mass is 354 g/mol. The molecule has 0 aromatic heterocycles. The fourth-order valence-electron chi connectivity index (χ4n) is 3.51. The van der Waals surface area contributed by atoms with E-state index in [1.165, 1.54) is 11.1 Å². The van der Waals surface area contributed by atoms with Crippen molar-refractivity contribution in [1.82, 2.24) is 10.2 Å². The smallest absolute Gasteiger partial charge is 0.118 e. The summed E-state index contributed by atoms with van der Waals surface area (Å²) in [4.78, 5) is 2.52. The van der Waals surface area contributed by atoms with Gasteiger partial charge in [-0.25, -0.2) is 0 Å². The molecule has 2 aromatic carbocycles. The van der Waals surface area contributed by atoms with E-state index in [0.717, 1.165) is 45.1 Å². The summed E-state index contributed by atoms with van der Waals surface area (Å²) in [5.41, 5.74) is 2.71. The topological polar surface area (TPSA) is 33.7 Å². The van der Waals surface area contributed by atoms with Crippen LogP contribution in [0.3, 0.4) is 0 Å². The molecule has 3 rings (SSSR count). The van der Waals surface area contributed by atoms with Gasteiger partial charge in [0.1, 0.15) is 5.75 Å². The Balaban J connectivity index is 1.63. The van der Waals surface area contributed by atoms with Crippen molar-refractivity contribution in [3.05, 3.63) is 65.7 Å². The summed E-state index contributed by atoms with van der Waals surface area (Å²) in [6, 6.07) is 19.5. The Kier molecular flexibility index (Phi) is 7.06. The Morgan fingerprint density at radius 3 is 2.31 bits per heavy atom. The molecule has 1 aliphatic heterocycles. The van der Waals surface area contributed by atoms with Gasteiger partial charge in [-0.1, -0.05) is 49.4 Å². The van der Waals surface area contributed by atoms with E-state index >= 15 is 0 Å². The zero-order chi connectivity index (χ0) is 18.2. The minimum Gasteiger partial charge on any atom is -0.497 e. The molecule has 1 heterocycles. The number of hydrogen-bond acceptors (Lipinski definition) is 4. The maximum Gasteiger partial charge on any atom is 0.118 e. The van der Waals surface area contributed by atoms with Crippen molar-refractivity contribution in [2.75, 3.05) is 46.5 Å². The van der Waals surface area contributed by atoms with Gasteiger partial charge in [0.2, 0.25) is 0 Å². The van der Waals surface area contributed by atoms with Gasteiger partial charge in [-0.3, -0.25) is 4.90 Å². The quantitative estimate of drug-likeness (QED) is 0.787. The van der Waals surface area contributed by atoms with Crippen LogP contribution in [-0.2, 0) is 4.74 Å². The molecule has 4 heteroatoms. The van der Waals surface area contributed by atoms with Gasteiger partial charge in [-0.15, -0.1) is 0 Å². The second-order valence-electron chi connectivity index (χ2n) is 6.91. The van der Waals surface area contributed by atoms with Crippen molar-refractivity contribution in [3.8, 4) is 5.75 Å². The average Bonchev–Trinajstić information content (AvgIpc) is 2.72. The predicted molar refractivity (Wildman–Crippen MR) is 106 cm³/mol. The molecule has 0 amide bonds. The summed E-state index contributed by atoms with van der Waals surface area (Å²) in [7, 11) is 1.71. The second kappa shape index (κ2) is 9.72. The highest BCUT2D eigenvalue weighted by Gasteiger charge is 2.22. The maximum absolute atomic E-state index is 5.54. The molecule has 0 radical (unpaired) electrons. The lowest BCUT2D eigenvalue weighted by atomic mass is 10.0. The first-order valence-electron chi connectivity index (χ1n) is 9.49. The molecule has 26 heavy (non-hydrogen) atoms. The standard InChI is InChI=1S/C22H30N2O2/c1-18(19-6-4-3-5-7-19)16-23-17-22(24-12-14-26-15-13-24)20-8-10-21(25-2)11-9-20/h3-11,18,22-23H,12-17H2,1-2H3. The summed E-state index contributed by atoms with van der Waals surface area (Å²) >= 11 is 0. The number of rotatable bonds is 8. The molecule has 0 saturated carbocycles. The third-order valence-corrected chi connectivity index (χ3v) is 5.14. The molecule has 2 aromatic rings. The van der Waals surface area contributed by atoms with E-state index in [2.05, 4.69) is 71.7 Å². The fourth-order valence-corrected chi connectivity index (χ4v) is 3.51. The number of ether oxygens (including phenoxy) is 2. The van der Waals surface area contributed by atoms with Crippen molar-refractivity contribution < 1.29 is 9.47 Å². The number of nitrogens with zero attached hydrogens (tertiary/aromatic N) is 1. The van der Waals surface area contributed by atoms with Crippen LogP contribution >= 0.6 is 0 Å². The molecular weight excluding hydrogens is 324 g/mol. The number of nitrogens with one attached hydrogen (secondary N) is 1. The van der Waals surface area contributed by atoms with Crippen molar-refractivity contribution in [3.63, 3.8) is 0 Å². The molecule has 0 spiro atoms. The van der Waals surface area contributed by atoms with Gasteiger partial charge in [-0.2, -0.15) is 0 Å². The van der Waals surface area contributed by atoms with Crippen LogP contribution in [0, 0.1) is 0 Å². The first kappa shape index (κ1) is 18.9. The first-order chi connectivity index (χ1) is 12.8. The third-order valence-electron chi connectivity index (χ3n) is 5.14. The van der Waals surface area contributed by atoms with E-state index < -0.39 is 0 Å². The second-order valence-corrected chi connectivity index (χ2v) is 6.91. The number of methoxy groups -OCH3 is 1. The Bertz CT molecular complexity index is 639. The molecule has 1 N–H and O–H groups in total. The number of benzene rings is 2. The van der Waals surface area contributed by atoms with Crippen LogP contribution in [0.15, 0.2) is 54.6 Å². The summed E-state index contributed by atoms with van der Waals surface area (Å²) in [6.45, 7) is 7.77. The Labute approximate surface area is 157 Å². The normalized spacial score (nSPS) is 17.6. The van der Waals surface area contributed by atoms with E-state index in [4.69, 9.17) is 9.47 Å². The SMILES string of the molecule is COc1ccc(C(CNCC(C)c2ccccc2)N2CCOCC2)cc1. The summed E-state index contributed by atoms with van der Waals surface area (Å²) in [6.07, 6.45) is 0. The zero-order valence-corrected chi connectivity index (χ0v) is 15.9. The molecule has 2 unspecified atom stereocenters. The molecule has 1 aliphatic rings. The van der Waals surface area contributed by atoms with Crippen molar-refractivity contribution in [2.24, 2.45) is 0 Å². The molecular formula is C22H30N2O2. The maximum atomic E-state index is 5.54. The predicted octanol–water partition coefficient (Wildman–Crippen LogP) is 3.46. The molecule has 140 valence electrons. The molecule has 0 aliphatic carbocycles. The minimum atomic E-state index is 0.354.